The molecule has 3 aromatic heterocycles. The molecule has 1 fully saturated rings. The second-order valence-electron chi connectivity index (χ2n) is 8.93. The number of halogens is 4. The van der Waals surface area contributed by atoms with Gasteiger partial charge >= 0.3 is 6.18 Å². The highest BCUT2D eigenvalue weighted by atomic mass is 35.5. The molecule has 202 valence electrons. The summed E-state index contributed by atoms with van der Waals surface area (Å²) in [5, 5.41) is 9.26. The molecule has 1 saturated heterocycles. The summed E-state index contributed by atoms with van der Waals surface area (Å²) in [5.41, 5.74) is 6.66. The average Bonchev–Trinajstić information content (AvgIpc) is 3.54. The highest BCUT2D eigenvalue weighted by molar-refractivity contribution is 6.31. The van der Waals surface area contributed by atoms with Crippen LogP contribution in [-0.2, 0) is 17.5 Å². The fourth-order valence-electron chi connectivity index (χ4n) is 4.39. The summed E-state index contributed by atoms with van der Waals surface area (Å²) in [7, 11) is 0. The van der Waals surface area contributed by atoms with Crippen LogP contribution in [0, 0.1) is 0 Å². The molecule has 0 saturated carbocycles. The number of nitrogens with zero attached hydrogens (tertiary/aromatic N) is 6. The number of fused-ring (bicyclic) bond motifs is 1. The maximum absolute atomic E-state index is 13.4. The molecule has 0 radical (unpaired) electrons. The molecule has 4 N–H and O–H groups in total. The van der Waals surface area contributed by atoms with E-state index in [0.29, 0.717) is 42.1 Å². The van der Waals surface area contributed by atoms with E-state index in [1.165, 1.54) is 16.8 Å². The molecule has 5 rings (SSSR count). The molecule has 0 atom stereocenters. The van der Waals surface area contributed by atoms with Gasteiger partial charge in [-0.15, -0.1) is 0 Å². The predicted molar refractivity (Wildman–Crippen MR) is 137 cm³/mol. The molecule has 0 aliphatic carbocycles. The Morgan fingerprint density at radius 2 is 1.89 bits per heavy atom. The molecule has 0 spiro atoms. The van der Waals surface area contributed by atoms with Crippen LogP contribution >= 0.6 is 11.6 Å². The van der Waals surface area contributed by atoms with Gasteiger partial charge in [0, 0.05) is 62.4 Å². The maximum Gasteiger partial charge on any atom is 0.433 e. The van der Waals surface area contributed by atoms with Crippen molar-refractivity contribution in [1.82, 2.24) is 34.4 Å². The average molecular weight is 550 g/mol. The number of ether oxygens (including phenoxy) is 1. The number of piperazine rings is 1. The van der Waals surface area contributed by atoms with Crippen LogP contribution in [0.4, 0.5) is 24.7 Å². The Hall–Kier alpha value is -3.23. The van der Waals surface area contributed by atoms with Crippen LogP contribution in [0.3, 0.4) is 0 Å². The SMILES string of the molecule is NCCN1CCN(COCc2ccc(Nc3nccn4c(-c5cn[nH]c5C(F)(F)F)cnc34)cc2Cl)CC1. The monoisotopic (exact) mass is 549 g/mol. The van der Waals surface area contributed by atoms with Gasteiger partial charge in [0.15, 0.2) is 11.5 Å². The Balaban J connectivity index is 1.24. The van der Waals surface area contributed by atoms with E-state index in [2.05, 4.69) is 30.2 Å². The van der Waals surface area contributed by atoms with Crippen LogP contribution < -0.4 is 11.1 Å². The molecule has 0 unspecified atom stereocenters. The lowest BCUT2D eigenvalue weighted by Gasteiger charge is -2.34. The normalized spacial score (nSPS) is 15.4. The van der Waals surface area contributed by atoms with Crippen molar-refractivity contribution < 1.29 is 17.9 Å². The van der Waals surface area contributed by atoms with Crippen LogP contribution in [0.5, 0.6) is 0 Å². The third kappa shape index (κ3) is 5.76. The van der Waals surface area contributed by atoms with Crippen LogP contribution in [-0.4, -0.2) is 80.4 Å². The second-order valence-corrected chi connectivity index (χ2v) is 9.33. The number of anilines is 2. The molecule has 0 bridgehead atoms. The number of hydrogen-bond donors (Lipinski definition) is 3. The number of rotatable bonds is 9. The lowest BCUT2D eigenvalue weighted by atomic mass is 10.2. The van der Waals surface area contributed by atoms with Gasteiger partial charge in [-0.2, -0.15) is 18.3 Å². The van der Waals surface area contributed by atoms with E-state index >= 15 is 0 Å². The molecular formula is C24H27ClF3N9O. The predicted octanol–water partition coefficient (Wildman–Crippen LogP) is 3.59. The summed E-state index contributed by atoms with van der Waals surface area (Å²) in [5.74, 6) is 0.365. The van der Waals surface area contributed by atoms with Crippen molar-refractivity contribution in [3.8, 4) is 11.3 Å². The highest BCUT2D eigenvalue weighted by Crippen LogP contribution is 2.36. The van der Waals surface area contributed by atoms with Gasteiger partial charge in [0.25, 0.3) is 0 Å². The molecule has 1 aliphatic rings. The minimum Gasteiger partial charge on any atom is -0.361 e. The van der Waals surface area contributed by atoms with Gasteiger partial charge in [-0.25, -0.2) is 9.97 Å². The van der Waals surface area contributed by atoms with Crippen LogP contribution in [0.25, 0.3) is 16.9 Å². The van der Waals surface area contributed by atoms with Crippen LogP contribution in [0.2, 0.25) is 5.02 Å². The topological polar surface area (TPSA) is 113 Å². The smallest absolute Gasteiger partial charge is 0.361 e. The van der Waals surface area contributed by atoms with E-state index in [1.54, 1.807) is 12.3 Å². The Labute approximate surface area is 221 Å². The molecule has 14 heteroatoms. The minimum atomic E-state index is -4.58. The molecule has 10 nitrogen and oxygen atoms in total. The Kier molecular flexibility index (Phi) is 7.81. The first-order valence-electron chi connectivity index (χ1n) is 12.0. The number of alkyl halides is 3. The molecule has 38 heavy (non-hydrogen) atoms. The lowest BCUT2D eigenvalue weighted by Crippen LogP contribution is -2.48. The third-order valence-corrected chi connectivity index (χ3v) is 6.74. The summed E-state index contributed by atoms with van der Waals surface area (Å²) in [6.45, 7) is 6.30. The minimum absolute atomic E-state index is 0.105. The molecule has 1 aromatic carbocycles. The van der Waals surface area contributed by atoms with Gasteiger partial charge in [0.2, 0.25) is 0 Å². The van der Waals surface area contributed by atoms with Gasteiger partial charge in [0.1, 0.15) is 5.69 Å². The number of hydrogen-bond acceptors (Lipinski definition) is 8. The number of aromatic amines is 1. The quantitative estimate of drug-likeness (QED) is 0.290. The molecular weight excluding hydrogens is 523 g/mol. The molecule has 0 amide bonds. The highest BCUT2D eigenvalue weighted by Gasteiger charge is 2.36. The summed E-state index contributed by atoms with van der Waals surface area (Å²) < 4.78 is 47.5. The number of aromatic nitrogens is 5. The zero-order valence-corrected chi connectivity index (χ0v) is 21.1. The van der Waals surface area contributed by atoms with Gasteiger partial charge in [0.05, 0.1) is 37.0 Å². The van der Waals surface area contributed by atoms with Gasteiger partial charge in [-0.1, -0.05) is 17.7 Å². The molecule has 4 aromatic rings. The van der Waals surface area contributed by atoms with Gasteiger partial charge in [-0.3, -0.25) is 19.3 Å². The van der Waals surface area contributed by atoms with E-state index in [-0.39, 0.29) is 11.3 Å². The fourth-order valence-corrected chi connectivity index (χ4v) is 4.63. The first-order chi connectivity index (χ1) is 18.3. The third-order valence-electron chi connectivity index (χ3n) is 6.38. The van der Waals surface area contributed by atoms with E-state index in [0.717, 1.165) is 44.5 Å². The van der Waals surface area contributed by atoms with E-state index < -0.39 is 11.9 Å². The number of benzene rings is 1. The zero-order chi connectivity index (χ0) is 26.7. The fraction of sp³-hybridized carbons (Fsp3) is 0.375. The van der Waals surface area contributed by atoms with E-state index in [1.807, 2.05) is 17.2 Å². The summed E-state index contributed by atoms with van der Waals surface area (Å²) in [6.07, 6.45) is 0.927. The number of H-pyrrole nitrogens is 1. The Morgan fingerprint density at radius 3 is 2.63 bits per heavy atom. The van der Waals surface area contributed by atoms with Crippen LogP contribution in [0.15, 0.2) is 43.0 Å². The number of nitrogens with one attached hydrogen (secondary N) is 2. The van der Waals surface area contributed by atoms with E-state index in [9.17, 15) is 13.2 Å². The number of imidazole rings is 1. The van der Waals surface area contributed by atoms with Crippen molar-refractivity contribution in [2.24, 2.45) is 5.73 Å². The standard InChI is InChI=1S/C24H27ClF3N9O/c25-19-11-17(2-1-16(19)14-38-15-36-9-7-35(5-3-29)8-10-36)33-22-23-31-13-20(37(23)6-4-30-22)18-12-32-34-21(18)24(26,27)28/h1-2,4,6,11-13H,3,5,7-10,14-15,29H2,(H,30,33)(H,32,34). The largest absolute Gasteiger partial charge is 0.433 e. The first-order valence-corrected chi connectivity index (χ1v) is 12.4. The van der Waals surface area contributed by atoms with E-state index in [4.69, 9.17) is 22.1 Å². The van der Waals surface area contributed by atoms with Crippen molar-refractivity contribution in [2.75, 3.05) is 51.3 Å². The van der Waals surface area contributed by atoms with Crippen molar-refractivity contribution in [2.45, 2.75) is 12.8 Å². The van der Waals surface area contributed by atoms with Crippen molar-refractivity contribution >= 4 is 28.8 Å². The molecule has 1 aliphatic heterocycles. The lowest BCUT2D eigenvalue weighted by molar-refractivity contribution is -0.140. The zero-order valence-electron chi connectivity index (χ0n) is 20.4. The summed E-state index contributed by atoms with van der Waals surface area (Å²) >= 11 is 6.51. The Morgan fingerprint density at radius 1 is 1.11 bits per heavy atom. The summed E-state index contributed by atoms with van der Waals surface area (Å²) in [6, 6.07) is 5.45. The second kappa shape index (κ2) is 11.3. The summed E-state index contributed by atoms with van der Waals surface area (Å²) in [4.78, 5) is 13.2. The van der Waals surface area contributed by atoms with Gasteiger partial charge in [-0.05, 0) is 17.7 Å². The Bertz CT molecular complexity index is 1380. The van der Waals surface area contributed by atoms with Crippen molar-refractivity contribution in [1.29, 1.82) is 0 Å². The van der Waals surface area contributed by atoms with Gasteiger partial charge < -0.3 is 15.8 Å². The van der Waals surface area contributed by atoms with Crippen molar-refractivity contribution in [3.05, 3.63) is 59.3 Å². The maximum atomic E-state index is 13.4. The number of nitrogens with two attached hydrogens (primary N) is 1. The van der Waals surface area contributed by atoms with Crippen LogP contribution in [0.1, 0.15) is 11.3 Å². The molecule has 4 heterocycles. The first kappa shape index (κ1) is 26.4. The van der Waals surface area contributed by atoms with Crippen molar-refractivity contribution in [3.63, 3.8) is 0 Å².